The summed E-state index contributed by atoms with van der Waals surface area (Å²) in [5.74, 6) is 1.52. The van der Waals surface area contributed by atoms with Crippen molar-refractivity contribution >= 4 is 0 Å². The number of nitrogens with zero attached hydrogens (tertiary/aromatic N) is 4. The molecule has 0 N–H and O–H groups in total. The van der Waals surface area contributed by atoms with Crippen molar-refractivity contribution in [1.29, 1.82) is 0 Å². The monoisotopic (exact) mass is 436 g/mol. The largest absolute Gasteiger partial charge is 0.460 e. The summed E-state index contributed by atoms with van der Waals surface area (Å²) in [7, 11) is 0. The lowest BCUT2D eigenvalue weighted by atomic mass is 10.1. The van der Waals surface area contributed by atoms with Crippen molar-refractivity contribution in [1.82, 2.24) is 19.9 Å². The summed E-state index contributed by atoms with van der Waals surface area (Å²) < 4.78 is 45.8. The fourth-order valence-corrected chi connectivity index (χ4v) is 3.92. The standard InChI is InChI=1S/C24H19F3N4O/c25-24(26,27)20-4-2-1-3-19(20)22-6-5-18(32-22)15-31-12-9-21-17(14-31)13-29-23(30-21)16-7-10-28-11-8-16/h1-8,10-11,13H,9,12,14-15H2. The van der Waals surface area contributed by atoms with Gasteiger partial charge in [-0.05, 0) is 30.3 Å². The van der Waals surface area contributed by atoms with E-state index in [-0.39, 0.29) is 11.3 Å². The summed E-state index contributed by atoms with van der Waals surface area (Å²) in [6.45, 7) is 1.93. The van der Waals surface area contributed by atoms with E-state index in [0.717, 1.165) is 35.9 Å². The number of furan rings is 1. The predicted molar refractivity (Wildman–Crippen MR) is 112 cm³/mol. The Labute approximate surface area is 182 Å². The maximum Gasteiger partial charge on any atom is 0.417 e. The maximum absolute atomic E-state index is 13.3. The zero-order valence-electron chi connectivity index (χ0n) is 17.0. The molecule has 0 unspecified atom stereocenters. The van der Waals surface area contributed by atoms with Crippen LogP contribution in [0.1, 0.15) is 22.6 Å². The molecule has 5 rings (SSSR count). The molecule has 3 aromatic heterocycles. The quantitative estimate of drug-likeness (QED) is 0.430. The third kappa shape index (κ3) is 4.13. The molecule has 4 aromatic rings. The van der Waals surface area contributed by atoms with Crippen molar-refractivity contribution in [3.05, 3.63) is 89.7 Å². The minimum Gasteiger partial charge on any atom is -0.460 e. The number of pyridine rings is 1. The Morgan fingerprint density at radius 2 is 1.81 bits per heavy atom. The summed E-state index contributed by atoms with van der Waals surface area (Å²) in [4.78, 5) is 15.4. The van der Waals surface area contributed by atoms with Crippen LogP contribution in [0.5, 0.6) is 0 Å². The number of fused-ring (bicyclic) bond motifs is 1. The molecule has 0 amide bonds. The molecule has 0 aliphatic carbocycles. The van der Waals surface area contributed by atoms with Crippen molar-refractivity contribution in [3.63, 3.8) is 0 Å². The topological polar surface area (TPSA) is 55.1 Å². The highest BCUT2D eigenvalue weighted by Gasteiger charge is 2.34. The van der Waals surface area contributed by atoms with Crippen LogP contribution in [0.4, 0.5) is 13.2 Å². The second-order valence-corrected chi connectivity index (χ2v) is 7.67. The number of rotatable bonds is 4. The summed E-state index contributed by atoms with van der Waals surface area (Å²) in [5, 5.41) is 0. The normalized spacial score (nSPS) is 14.3. The van der Waals surface area contributed by atoms with Crippen LogP contribution in [-0.2, 0) is 25.7 Å². The second-order valence-electron chi connectivity index (χ2n) is 7.67. The second kappa shape index (κ2) is 8.20. The van der Waals surface area contributed by atoms with Gasteiger partial charge in [-0.3, -0.25) is 9.88 Å². The Bertz CT molecular complexity index is 1240. The van der Waals surface area contributed by atoms with E-state index in [1.54, 1.807) is 30.6 Å². The highest BCUT2D eigenvalue weighted by atomic mass is 19.4. The Kier molecular flexibility index (Phi) is 5.22. The van der Waals surface area contributed by atoms with Crippen molar-refractivity contribution in [2.45, 2.75) is 25.7 Å². The summed E-state index contributed by atoms with van der Waals surface area (Å²) in [6.07, 6.45) is 1.60. The minimum absolute atomic E-state index is 0.0484. The van der Waals surface area contributed by atoms with Gasteiger partial charge in [0.15, 0.2) is 5.82 Å². The number of aromatic nitrogens is 3. The van der Waals surface area contributed by atoms with Crippen molar-refractivity contribution in [2.75, 3.05) is 6.54 Å². The molecular formula is C24H19F3N4O. The smallest absolute Gasteiger partial charge is 0.417 e. The van der Waals surface area contributed by atoms with E-state index in [1.165, 1.54) is 12.1 Å². The fraction of sp³-hybridized carbons (Fsp3) is 0.208. The molecule has 0 fully saturated rings. The average molecular weight is 436 g/mol. The Hall–Kier alpha value is -3.52. The van der Waals surface area contributed by atoms with Gasteiger partial charge in [-0.25, -0.2) is 9.97 Å². The van der Waals surface area contributed by atoms with Gasteiger partial charge in [-0.1, -0.05) is 18.2 Å². The highest BCUT2D eigenvalue weighted by Crippen LogP contribution is 2.37. The van der Waals surface area contributed by atoms with Crippen LogP contribution < -0.4 is 0 Å². The lowest BCUT2D eigenvalue weighted by Gasteiger charge is -2.27. The van der Waals surface area contributed by atoms with Crippen molar-refractivity contribution in [2.24, 2.45) is 0 Å². The van der Waals surface area contributed by atoms with Gasteiger partial charge in [0.05, 0.1) is 17.8 Å². The Balaban J connectivity index is 1.31. The predicted octanol–water partition coefficient (Wildman–Crippen LogP) is 5.38. The molecule has 5 nitrogen and oxygen atoms in total. The molecule has 162 valence electrons. The average Bonchev–Trinajstić information content (AvgIpc) is 3.27. The summed E-state index contributed by atoms with van der Waals surface area (Å²) in [6, 6.07) is 12.5. The van der Waals surface area contributed by atoms with Crippen molar-refractivity contribution in [3.8, 4) is 22.7 Å². The zero-order chi connectivity index (χ0) is 22.1. The van der Waals surface area contributed by atoms with Crippen LogP contribution in [0, 0.1) is 0 Å². The minimum atomic E-state index is -4.44. The molecular weight excluding hydrogens is 417 g/mol. The van der Waals surface area contributed by atoms with Gasteiger partial charge in [0.2, 0.25) is 0 Å². The number of benzene rings is 1. The molecule has 0 atom stereocenters. The number of alkyl halides is 3. The van der Waals surface area contributed by atoms with Crippen LogP contribution in [0.25, 0.3) is 22.7 Å². The molecule has 8 heteroatoms. The lowest BCUT2D eigenvalue weighted by molar-refractivity contribution is -0.137. The zero-order valence-corrected chi connectivity index (χ0v) is 17.0. The molecule has 4 heterocycles. The first kappa shape index (κ1) is 20.4. The van der Waals surface area contributed by atoms with Gasteiger partial charge in [0, 0.05) is 54.8 Å². The third-order valence-electron chi connectivity index (χ3n) is 5.49. The molecule has 0 radical (unpaired) electrons. The van der Waals surface area contributed by atoms with E-state index >= 15 is 0 Å². The van der Waals surface area contributed by atoms with Crippen LogP contribution >= 0.6 is 0 Å². The van der Waals surface area contributed by atoms with Gasteiger partial charge < -0.3 is 4.42 Å². The van der Waals surface area contributed by atoms with Crippen LogP contribution in [-0.4, -0.2) is 26.4 Å². The number of halogens is 3. The Morgan fingerprint density at radius 3 is 2.62 bits per heavy atom. The maximum atomic E-state index is 13.3. The van der Waals surface area contributed by atoms with E-state index < -0.39 is 11.7 Å². The highest BCUT2D eigenvalue weighted by molar-refractivity contribution is 5.63. The van der Waals surface area contributed by atoms with E-state index in [9.17, 15) is 13.2 Å². The van der Waals surface area contributed by atoms with E-state index in [1.807, 2.05) is 18.3 Å². The summed E-state index contributed by atoms with van der Waals surface area (Å²) in [5.41, 5.74) is 2.33. The SMILES string of the molecule is FC(F)(F)c1ccccc1-c1ccc(CN2CCc3nc(-c4ccncc4)ncc3C2)o1. The first-order chi connectivity index (χ1) is 15.5. The van der Waals surface area contributed by atoms with Crippen molar-refractivity contribution < 1.29 is 17.6 Å². The molecule has 1 aliphatic rings. The molecule has 0 spiro atoms. The molecule has 0 saturated carbocycles. The van der Waals surface area contributed by atoms with E-state index in [2.05, 4.69) is 14.9 Å². The number of hydrogen-bond donors (Lipinski definition) is 0. The van der Waals surface area contributed by atoms with Gasteiger partial charge in [-0.15, -0.1) is 0 Å². The van der Waals surface area contributed by atoms with Crippen LogP contribution in [0.2, 0.25) is 0 Å². The summed E-state index contributed by atoms with van der Waals surface area (Å²) >= 11 is 0. The third-order valence-corrected chi connectivity index (χ3v) is 5.49. The van der Waals surface area contributed by atoms with Gasteiger partial charge >= 0.3 is 6.18 Å². The lowest BCUT2D eigenvalue weighted by Crippen LogP contribution is -2.30. The molecule has 1 aromatic carbocycles. The molecule has 0 saturated heterocycles. The molecule has 1 aliphatic heterocycles. The van der Waals surface area contributed by atoms with E-state index in [0.29, 0.717) is 24.7 Å². The molecule has 0 bridgehead atoms. The van der Waals surface area contributed by atoms with Crippen LogP contribution in [0.15, 0.2) is 71.5 Å². The Morgan fingerprint density at radius 1 is 1.00 bits per heavy atom. The number of hydrogen-bond acceptors (Lipinski definition) is 5. The first-order valence-electron chi connectivity index (χ1n) is 10.2. The molecule has 32 heavy (non-hydrogen) atoms. The first-order valence-corrected chi connectivity index (χ1v) is 10.2. The fourth-order valence-electron chi connectivity index (χ4n) is 3.92. The van der Waals surface area contributed by atoms with Crippen LogP contribution in [0.3, 0.4) is 0 Å². The van der Waals surface area contributed by atoms with Gasteiger partial charge in [0.1, 0.15) is 11.5 Å². The van der Waals surface area contributed by atoms with Gasteiger partial charge in [-0.2, -0.15) is 13.2 Å². The van der Waals surface area contributed by atoms with Gasteiger partial charge in [0.25, 0.3) is 0 Å². The van der Waals surface area contributed by atoms with E-state index in [4.69, 9.17) is 9.40 Å².